The molecule has 2 saturated heterocycles. The van der Waals surface area contributed by atoms with Crippen molar-refractivity contribution in [2.45, 2.75) is 32.4 Å². The molecule has 0 saturated carbocycles. The van der Waals surface area contributed by atoms with Crippen molar-refractivity contribution >= 4 is 17.7 Å². The summed E-state index contributed by atoms with van der Waals surface area (Å²) in [5.74, 6) is 0.355. The number of amides is 1. The highest BCUT2D eigenvalue weighted by molar-refractivity contribution is 6.20. The van der Waals surface area contributed by atoms with Gasteiger partial charge < -0.3 is 18.9 Å². The lowest BCUT2D eigenvalue weighted by atomic mass is 9.83. The van der Waals surface area contributed by atoms with Crippen LogP contribution in [-0.2, 0) is 18.9 Å². The minimum Gasteiger partial charge on any atom is -0.429 e. The zero-order chi connectivity index (χ0) is 16.2. The number of hydrogen-bond acceptors (Lipinski definition) is 5. The molecule has 0 aromatic carbocycles. The Bertz CT molecular complexity index is 405. The lowest BCUT2D eigenvalue weighted by Crippen LogP contribution is -2.44. The third-order valence-electron chi connectivity index (χ3n) is 3.86. The molecule has 2 unspecified atom stereocenters. The van der Waals surface area contributed by atoms with E-state index in [1.807, 2.05) is 19.1 Å². The molecule has 0 N–H and O–H groups in total. The van der Waals surface area contributed by atoms with Gasteiger partial charge in [-0.1, -0.05) is 37.6 Å². The van der Waals surface area contributed by atoms with Crippen molar-refractivity contribution in [3.63, 3.8) is 0 Å². The summed E-state index contributed by atoms with van der Waals surface area (Å²) >= 11 is 6.43. The summed E-state index contributed by atoms with van der Waals surface area (Å²) in [5, 5.41) is 0. The third-order valence-corrected chi connectivity index (χ3v) is 4.42. The van der Waals surface area contributed by atoms with Crippen LogP contribution >= 0.6 is 11.6 Å². The van der Waals surface area contributed by atoms with Gasteiger partial charge in [0.05, 0.1) is 24.7 Å². The highest BCUT2D eigenvalue weighted by atomic mass is 35.5. The van der Waals surface area contributed by atoms with Crippen molar-refractivity contribution in [1.82, 2.24) is 4.90 Å². The number of rotatable bonds is 5. The van der Waals surface area contributed by atoms with Crippen LogP contribution in [0.25, 0.3) is 0 Å². The Kier molecular flexibility index (Phi) is 6.09. The minimum atomic E-state index is -0.859. The number of nitrogens with zero attached hydrogens (tertiary/aromatic N) is 1. The number of carbonyl (C=O) groups excluding carboxylic acids is 1. The maximum atomic E-state index is 12.1. The maximum Gasteiger partial charge on any atom is 0.413 e. The topological polar surface area (TPSA) is 57.2 Å². The smallest absolute Gasteiger partial charge is 0.413 e. The number of alkyl halides is 1. The lowest BCUT2D eigenvalue weighted by Gasteiger charge is -2.35. The van der Waals surface area contributed by atoms with E-state index in [0.29, 0.717) is 25.7 Å². The fourth-order valence-corrected chi connectivity index (χ4v) is 2.56. The van der Waals surface area contributed by atoms with Crippen LogP contribution in [-0.4, -0.2) is 55.9 Å². The molecule has 126 valence electrons. The second kappa shape index (κ2) is 7.64. The lowest BCUT2D eigenvalue weighted by molar-refractivity contribution is -0.0281. The van der Waals surface area contributed by atoms with E-state index in [-0.39, 0.29) is 19.6 Å². The molecule has 2 rings (SSSR count). The number of ether oxygens (including phenoxy) is 4. The third kappa shape index (κ3) is 4.13. The van der Waals surface area contributed by atoms with Crippen LogP contribution in [0.15, 0.2) is 12.2 Å². The number of carbonyl (C=O) groups is 1. The van der Waals surface area contributed by atoms with Crippen LogP contribution < -0.4 is 0 Å². The van der Waals surface area contributed by atoms with Gasteiger partial charge in [0.15, 0.2) is 5.56 Å². The van der Waals surface area contributed by atoms with Gasteiger partial charge in [-0.3, -0.25) is 4.90 Å². The predicted octanol–water partition coefficient (Wildman–Crippen LogP) is 2.57. The average molecular weight is 334 g/mol. The molecule has 1 amide bonds. The van der Waals surface area contributed by atoms with Crippen LogP contribution in [0.1, 0.15) is 20.8 Å². The van der Waals surface area contributed by atoms with Crippen LogP contribution in [0.3, 0.4) is 0 Å². The van der Waals surface area contributed by atoms with Gasteiger partial charge in [-0.2, -0.15) is 0 Å². The molecule has 0 aromatic rings. The minimum absolute atomic E-state index is 0.229. The molecule has 6 nitrogen and oxygen atoms in total. The van der Waals surface area contributed by atoms with Crippen molar-refractivity contribution in [3.8, 4) is 0 Å². The molecular formula is C15H24ClNO5. The summed E-state index contributed by atoms with van der Waals surface area (Å²) < 4.78 is 21.4. The molecule has 2 aliphatic heterocycles. The molecule has 2 heterocycles. The number of halogens is 1. The van der Waals surface area contributed by atoms with Crippen molar-refractivity contribution in [2.75, 3.05) is 33.3 Å². The highest BCUT2D eigenvalue weighted by Crippen LogP contribution is 2.37. The van der Waals surface area contributed by atoms with E-state index >= 15 is 0 Å². The summed E-state index contributed by atoms with van der Waals surface area (Å²) in [4.78, 5) is 13.6. The standard InChI is InChI=1S/C15H24ClNO5/c1-11(2)4-5-15(3,12-8-20-10-21-12)13(16)22-14(18)17-6-7-19-9-17/h4-5,11-13H,6-10H2,1-3H3/b5-4+/t12?,13-,15?/m1/s1. The molecule has 0 bridgehead atoms. The zero-order valence-corrected chi connectivity index (χ0v) is 14.0. The Morgan fingerprint density at radius 2 is 2.23 bits per heavy atom. The molecule has 0 aromatic heterocycles. The van der Waals surface area contributed by atoms with E-state index in [2.05, 4.69) is 13.8 Å². The quantitative estimate of drug-likeness (QED) is 0.571. The Labute approximate surface area is 136 Å². The van der Waals surface area contributed by atoms with Crippen LogP contribution in [0, 0.1) is 11.3 Å². The van der Waals surface area contributed by atoms with Crippen LogP contribution in [0.5, 0.6) is 0 Å². The van der Waals surface area contributed by atoms with Gasteiger partial charge in [0.25, 0.3) is 0 Å². The summed E-state index contributed by atoms with van der Waals surface area (Å²) in [6, 6.07) is 0. The van der Waals surface area contributed by atoms with Gasteiger partial charge in [-0.15, -0.1) is 0 Å². The van der Waals surface area contributed by atoms with Gasteiger partial charge in [-0.25, -0.2) is 4.79 Å². The molecule has 7 heteroatoms. The largest absolute Gasteiger partial charge is 0.429 e. The first-order chi connectivity index (χ1) is 10.4. The Morgan fingerprint density at radius 3 is 2.77 bits per heavy atom. The summed E-state index contributed by atoms with van der Waals surface area (Å²) in [7, 11) is 0. The molecule has 0 spiro atoms. The number of allylic oxidation sites excluding steroid dienone is 1. The van der Waals surface area contributed by atoms with Crippen molar-refractivity contribution in [3.05, 3.63) is 12.2 Å². The van der Waals surface area contributed by atoms with E-state index in [4.69, 9.17) is 30.5 Å². The molecule has 0 radical (unpaired) electrons. The first-order valence-corrected chi connectivity index (χ1v) is 7.93. The fourth-order valence-electron chi connectivity index (χ4n) is 2.27. The van der Waals surface area contributed by atoms with Crippen molar-refractivity contribution in [2.24, 2.45) is 11.3 Å². The molecule has 2 aliphatic rings. The van der Waals surface area contributed by atoms with Gasteiger partial charge in [0.2, 0.25) is 0 Å². The van der Waals surface area contributed by atoms with Crippen molar-refractivity contribution < 1.29 is 23.7 Å². The van der Waals surface area contributed by atoms with E-state index in [0.717, 1.165) is 0 Å². The average Bonchev–Trinajstić information content (AvgIpc) is 3.16. The molecule has 22 heavy (non-hydrogen) atoms. The summed E-state index contributed by atoms with van der Waals surface area (Å²) in [6.07, 6.45) is 3.26. The Hall–Kier alpha value is -0.820. The van der Waals surface area contributed by atoms with Gasteiger partial charge in [0.1, 0.15) is 13.5 Å². The fraction of sp³-hybridized carbons (Fsp3) is 0.800. The van der Waals surface area contributed by atoms with Crippen molar-refractivity contribution in [1.29, 1.82) is 0 Å². The highest BCUT2D eigenvalue weighted by Gasteiger charge is 2.44. The zero-order valence-electron chi connectivity index (χ0n) is 13.3. The number of hydrogen-bond donors (Lipinski definition) is 0. The maximum absolute atomic E-state index is 12.1. The predicted molar refractivity (Wildman–Crippen MR) is 81.4 cm³/mol. The molecule has 2 fully saturated rings. The molecule has 3 atom stereocenters. The molecule has 0 aliphatic carbocycles. The Morgan fingerprint density at radius 1 is 1.45 bits per heavy atom. The Balaban J connectivity index is 2.07. The second-order valence-electron chi connectivity index (χ2n) is 6.11. The summed E-state index contributed by atoms with van der Waals surface area (Å²) in [6.45, 7) is 7.98. The molecular weight excluding hydrogens is 310 g/mol. The first kappa shape index (κ1) is 17.5. The van der Waals surface area contributed by atoms with Crippen LogP contribution in [0.2, 0.25) is 0 Å². The van der Waals surface area contributed by atoms with Gasteiger partial charge >= 0.3 is 6.09 Å². The summed E-state index contributed by atoms with van der Waals surface area (Å²) in [5.41, 5.74) is -1.53. The van der Waals surface area contributed by atoms with E-state index < -0.39 is 17.1 Å². The van der Waals surface area contributed by atoms with Crippen LogP contribution in [0.4, 0.5) is 4.79 Å². The van der Waals surface area contributed by atoms with E-state index in [9.17, 15) is 4.79 Å². The monoisotopic (exact) mass is 333 g/mol. The second-order valence-corrected chi connectivity index (χ2v) is 6.51. The SMILES string of the molecule is CC(C)/C=C/C(C)(C1COCO1)[C@H](Cl)OC(=O)N1CCOC1. The first-order valence-electron chi connectivity index (χ1n) is 7.49. The normalized spacial score (nSPS) is 26.6. The van der Waals surface area contributed by atoms with Gasteiger partial charge in [-0.05, 0) is 12.8 Å². The van der Waals surface area contributed by atoms with E-state index in [1.54, 1.807) is 0 Å². The van der Waals surface area contributed by atoms with E-state index in [1.165, 1.54) is 4.90 Å². The van der Waals surface area contributed by atoms with Gasteiger partial charge in [0, 0.05) is 6.54 Å².